The second kappa shape index (κ2) is 9.38. The van der Waals surface area contributed by atoms with E-state index in [-0.39, 0.29) is 11.4 Å². The summed E-state index contributed by atoms with van der Waals surface area (Å²) in [6, 6.07) is 11.0. The van der Waals surface area contributed by atoms with E-state index in [9.17, 15) is 22.4 Å². The Morgan fingerprint density at radius 3 is 2.36 bits per heavy atom. The van der Waals surface area contributed by atoms with Crippen molar-refractivity contribution in [1.82, 2.24) is 10.9 Å². The highest BCUT2D eigenvalue weighted by Crippen LogP contribution is 2.21. The standard InChI is InChI=1S/C17H17ClFN3O5S/c1-28(25,26)22(14-4-2-3-12(18)9-14)10-16(23)20-21-17(24)11-27-15-7-5-13(19)6-8-15/h2-9H,10-11H2,1H3,(H,20,23)(H,21,24). The van der Waals surface area contributed by atoms with Crippen molar-refractivity contribution >= 4 is 39.1 Å². The molecule has 2 aromatic carbocycles. The molecule has 0 radical (unpaired) electrons. The normalized spacial score (nSPS) is 10.8. The predicted octanol–water partition coefficient (Wildman–Crippen LogP) is 1.47. The molecule has 2 N–H and O–H groups in total. The highest BCUT2D eigenvalue weighted by molar-refractivity contribution is 7.92. The van der Waals surface area contributed by atoms with E-state index in [1.165, 1.54) is 36.4 Å². The van der Waals surface area contributed by atoms with Gasteiger partial charge in [-0.3, -0.25) is 24.7 Å². The van der Waals surface area contributed by atoms with Crippen molar-refractivity contribution in [3.8, 4) is 5.75 Å². The number of sulfonamides is 1. The van der Waals surface area contributed by atoms with Crippen molar-refractivity contribution in [1.29, 1.82) is 0 Å². The predicted molar refractivity (Wildman–Crippen MR) is 102 cm³/mol. The molecule has 11 heteroatoms. The maximum absolute atomic E-state index is 12.8. The second-order valence-corrected chi connectivity index (χ2v) is 7.93. The van der Waals surface area contributed by atoms with Gasteiger partial charge in [0.15, 0.2) is 6.61 Å². The van der Waals surface area contributed by atoms with Crippen LogP contribution in [0.25, 0.3) is 0 Å². The average Bonchev–Trinajstić information content (AvgIpc) is 2.63. The Morgan fingerprint density at radius 1 is 1.11 bits per heavy atom. The molecule has 28 heavy (non-hydrogen) atoms. The lowest BCUT2D eigenvalue weighted by molar-refractivity contribution is -0.129. The van der Waals surface area contributed by atoms with Gasteiger partial charge in [-0.2, -0.15) is 0 Å². The number of benzene rings is 2. The molecule has 0 fully saturated rings. The molecule has 0 aliphatic carbocycles. The summed E-state index contributed by atoms with van der Waals surface area (Å²) >= 11 is 5.86. The van der Waals surface area contributed by atoms with Gasteiger partial charge in [0, 0.05) is 5.02 Å². The number of carbonyl (C=O) groups is 2. The molecule has 8 nitrogen and oxygen atoms in total. The van der Waals surface area contributed by atoms with E-state index < -0.39 is 40.8 Å². The van der Waals surface area contributed by atoms with Gasteiger partial charge in [0.25, 0.3) is 11.8 Å². The highest BCUT2D eigenvalue weighted by Gasteiger charge is 2.21. The van der Waals surface area contributed by atoms with E-state index in [0.717, 1.165) is 10.6 Å². The van der Waals surface area contributed by atoms with Crippen molar-refractivity contribution < 1.29 is 27.1 Å². The third-order valence-electron chi connectivity index (χ3n) is 3.31. The summed E-state index contributed by atoms with van der Waals surface area (Å²) in [7, 11) is -3.77. The number of carbonyl (C=O) groups excluding carboxylic acids is 2. The summed E-state index contributed by atoms with van der Waals surface area (Å²) < 4.78 is 42.7. The number of hydrazine groups is 1. The Kier molecular flexibility index (Phi) is 7.18. The summed E-state index contributed by atoms with van der Waals surface area (Å²) in [5.41, 5.74) is 4.40. The zero-order chi connectivity index (χ0) is 20.7. The van der Waals surface area contributed by atoms with Crippen LogP contribution in [0.15, 0.2) is 48.5 Å². The first-order valence-electron chi connectivity index (χ1n) is 7.84. The van der Waals surface area contributed by atoms with Crippen LogP contribution in [0.3, 0.4) is 0 Å². The lowest BCUT2D eigenvalue weighted by atomic mass is 10.3. The molecule has 0 saturated heterocycles. The molecule has 0 atom stereocenters. The van der Waals surface area contributed by atoms with Crippen LogP contribution in [0, 0.1) is 5.82 Å². The largest absolute Gasteiger partial charge is 0.484 e. The highest BCUT2D eigenvalue weighted by atomic mass is 35.5. The SMILES string of the molecule is CS(=O)(=O)N(CC(=O)NNC(=O)COc1ccc(F)cc1)c1cccc(Cl)c1. The van der Waals surface area contributed by atoms with Crippen molar-refractivity contribution in [3.05, 3.63) is 59.4 Å². The van der Waals surface area contributed by atoms with Crippen LogP contribution in [0.2, 0.25) is 5.02 Å². The van der Waals surface area contributed by atoms with Gasteiger partial charge in [-0.1, -0.05) is 17.7 Å². The maximum atomic E-state index is 12.8. The topological polar surface area (TPSA) is 105 Å². The van der Waals surface area contributed by atoms with Crippen LogP contribution in [-0.2, 0) is 19.6 Å². The fourth-order valence-corrected chi connectivity index (χ4v) is 3.09. The maximum Gasteiger partial charge on any atom is 0.276 e. The van der Waals surface area contributed by atoms with E-state index >= 15 is 0 Å². The number of nitrogens with zero attached hydrogens (tertiary/aromatic N) is 1. The third kappa shape index (κ3) is 6.71. The molecule has 2 amide bonds. The molecular formula is C17H17ClFN3O5S. The van der Waals surface area contributed by atoms with Crippen molar-refractivity contribution in [3.63, 3.8) is 0 Å². The lowest BCUT2D eigenvalue weighted by Crippen LogP contribution is -2.48. The van der Waals surface area contributed by atoms with Gasteiger partial charge in [-0.25, -0.2) is 12.8 Å². The van der Waals surface area contributed by atoms with Gasteiger partial charge in [0.1, 0.15) is 18.1 Å². The quantitative estimate of drug-likeness (QED) is 0.648. The summed E-state index contributed by atoms with van der Waals surface area (Å²) in [5.74, 6) is -1.64. The summed E-state index contributed by atoms with van der Waals surface area (Å²) in [4.78, 5) is 23.7. The molecule has 150 valence electrons. The smallest absolute Gasteiger partial charge is 0.276 e. The van der Waals surface area contributed by atoms with Crippen molar-refractivity contribution in [2.24, 2.45) is 0 Å². The number of hydrogen-bond donors (Lipinski definition) is 2. The molecule has 0 aromatic heterocycles. The van der Waals surface area contributed by atoms with Crippen LogP contribution in [0.5, 0.6) is 5.75 Å². The number of anilines is 1. The fourth-order valence-electron chi connectivity index (χ4n) is 2.06. The van der Waals surface area contributed by atoms with Gasteiger partial charge in [-0.15, -0.1) is 0 Å². The molecule has 0 unspecified atom stereocenters. The Labute approximate surface area is 166 Å². The van der Waals surface area contributed by atoms with Gasteiger partial charge in [0.2, 0.25) is 10.0 Å². The van der Waals surface area contributed by atoms with Gasteiger partial charge >= 0.3 is 0 Å². The number of amides is 2. The van der Waals surface area contributed by atoms with E-state index in [4.69, 9.17) is 16.3 Å². The molecule has 0 aliphatic heterocycles. The molecule has 0 aliphatic rings. The van der Waals surface area contributed by atoms with Gasteiger partial charge in [-0.05, 0) is 42.5 Å². The number of nitrogens with one attached hydrogen (secondary N) is 2. The molecule has 2 aromatic rings. The first-order chi connectivity index (χ1) is 13.1. The second-order valence-electron chi connectivity index (χ2n) is 5.59. The fraction of sp³-hybridized carbons (Fsp3) is 0.176. The van der Waals surface area contributed by atoms with Crippen LogP contribution >= 0.6 is 11.6 Å². The monoisotopic (exact) mass is 429 g/mol. The molecule has 0 spiro atoms. The number of rotatable bonds is 7. The van der Waals surface area contributed by atoms with Gasteiger partial charge < -0.3 is 4.74 Å². The van der Waals surface area contributed by atoms with Crippen LogP contribution in [-0.4, -0.2) is 39.6 Å². The van der Waals surface area contributed by atoms with Crippen molar-refractivity contribution in [2.75, 3.05) is 23.7 Å². The molecule has 2 rings (SSSR count). The first-order valence-corrected chi connectivity index (χ1v) is 10.1. The number of halogens is 2. The number of hydrogen-bond acceptors (Lipinski definition) is 5. The van der Waals surface area contributed by atoms with Crippen LogP contribution < -0.4 is 19.9 Å². The van der Waals surface area contributed by atoms with E-state index in [2.05, 4.69) is 10.9 Å². The minimum absolute atomic E-state index is 0.205. The first kappa shape index (κ1) is 21.5. The minimum Gasteiger partial charge on any atom is -0.484 e. The molecular weight excluding hydrogens is 413 g/mol. The zero-order valence-electron chi connectivity index (χ0n) is 14.7. The van der Waals surface area contributed by atoms with Crippen LogP contribution in [0.4, 0.5) is 10.1 Å². The van der Waals surface area contributed by atoms with E-state index in [1.54, 1.807) is 12.1 Å². The van der Waals surface area contributed by atoms with Crippen LogP contribution in [0.1, 0.15) is 0 Å². The third-order valence-corrected chi connectivity index (χ3v) is 4.68. The molecule has 0 bridgehead atoms. The average molecular weight is 430 g/mol. The number of ether oxygens (including phenoxy) is 1. The Bertz CT molecular complexity index is 954. The van der Waals surface area contributed by atoms with Crippen molar-refractivity contribution in [2.45, 2.75) is 0 Å². The lowest BCUT2D eigenvalue weighted by Gasteiger charge is -2.22. The summed E-state index contributed by atoms with van der Waals surface area (Å²) in [5, 5.41) is 0.304. The Hall–Kier alpha value is -2.85. The van der Waals surface area contributed by atoms with E-state index in [1.807, 2.05) is 0 Å². The molecule has 0 heterocycles. The Balaban J connectivity index is 1.88. The zero-order valence-corrected chi connectivity index (χ0v) is 16.3. The molecule has 0 saturated carbocycles. The van der Waals surface area contributed by atoms with Gasteiger partial charge in [0.05, 0.1) is 11.9 Å². The van der Waals surface area contributed by atoms with E-state index in [0.29, 0.717) is 5.02 Å². The summed E-state index contributed by atoms with van der Waals surface area (Å²) in [6.07, 6.45) is 0.941. The minimum atomic E-state index is -3.77. The Morgan fingerprint density at radius 2 is 1.75 bits per heavy atom. The summed E-state index contributed by atoms with van der Waals surface area (Å²) in [6.45, 7) is -1.01.